The predicted molar refractivity (Wildman–Crippen MR) is 54.1 cm³/mol. The van der Waals surface area contributed by atoms with Gasteiger partial charge in [-0.2, -0.15) is 0 Å². The first-order valence-electron chi connectivity index (χ1n) is 4.92. The van der Waals surface area contributed by atoms with Crippen molar-refractivity contribution in [3.8, 4) is 0 Å². The molecule has 0 aliphatic carbocycles. The summed E-state index contributed by atoms with van der Waals surface area (Å²) in [5.74, 6) is -0.144. The van der Waals surface area contributed by atoms with Crippen molar-refractivity contribution in [2.24, 2.45) is 5.92 Å². The van der Waals surface area contributed by atoms with E-state index in [0.29, 0.717) is 11.6 Å². The average Bonchev–Trinajstić information content (AvgIpc) is 2.19. The number of hydrogen-bond donors (Lipinski definition) is 1. The van der Waals surface area contributed by atoms with E-state index in [-0.39, 0.29) is 18.2 Å². The quantitative estimate of drug-likeness (QED) is 0.724. The number of nitrogens with one attached hydrogen (secondary N) is 1. The molecule has 1 atom stereocenters. The summed E-state index contributed by atoms with van der Waals surface area (Å²) in [6, 6.07) is 0. The molecule has 0 bridgehead atoms. The van der Waals surface area contributed by atoms with Gasteiger partial charge in [-0.1, -0.05) is 13.8 Å². The van der Waals surface area contributed by atoms with Crippen molar-refractivity contribution in [2.45, 2.75) is 33.6 Å². The predicted octanol–water partition coefficient (Wildman–Crippen LogP) is 2.68. The van der Waals surface area contributed by atoms with E-state index in [1.54, 1.807) is 0 Å². The molecule has 0 saturated carbocycles. The molecule has 0 aromatic rings. The van der Waals surface area contributed by atoms with Gasteiger partial charge in [0, 0.05) is 6.42 Å². The first kappa shape index (κ1) is 11.0. The van der Waals surface area contributed by atoms with Crippen LogP contribution in [0.1, 0.15) is 33.6 Å². The van der Waals surface area contributed by atoms with Gasteiger partial charge in [0.15, 0.2) is 0 Å². The molecule has 0 radical (unpaired) electrons. The van der Waals surface area contributed by atoms with Crippen molar-refractivity contribution in [2.75, 3.05) is 0 Å². The zero-order chi connectivity index (χ0) is 10.7. The summed E-state index contributed by atoms with van der Waals surface area (Å²) in [5, 5.41) is 2.58. The third kappa shape index (κ3) is 2.22. The maximum absolute atomic E-state index is 13.4. The third-order valence-corrected chi connectivity index (χ3v) is 2.72. The van der Waals surface area contributed by atoms with Crippen molar-refractivity contribution >= 4 is 5.91 Å². The van der Waals surface area contributed by atoms with Crippen molar-refractivity contribution in [1.82, 2.24) is 5.32 Å². The van der Waals surface area contributed by atoms with Gasteiger partial charge in [-0.25, -0.2) is 4.39 Å². The molecule has 1 aliphatic heterocycles. The number of amides is 1. The summed E-state index contributed by atoms with van der Waals surface area (Å²) in [4.78, 5) is 11.1. The average molecular weight is 197 g/mol. The molecule has 78 valence electrons. The molecular weight excluding hydrogens is 181 g/mol. The van der Waals surface area contributed by atoms with Gasteiger partial charge < -0.3 is 5.32 Å². The lowest BCUT2D eigenvalue weighted by molar-refractivity contribution is -0.119. The standard InChI is InChI=1S/C11H16FNO/c1-4-7(2)8(3)11-9(12)5-6-10(14)13-11/h5,7H,4,6H2,1-3H3,(H,13,14). The molecule has 0 aromatic carbocycles. The molecule has 1 aliphatic rings. The highest BCUT2D eigenvalue weighted by Gasteiger charge is 2.19. The summed E-state index contributed by atoms with van der Waals surface area (Å²) in [6.07, 6.45) is 2.42. The molecule has 3 heteroatoms. The number of hydrogen-bond acceptors (Lipinski definition) is 1. The van der Waals surface area contributed by atoms with Gasteiger partial charge in [-0.3, -0.25) is 4.79 Å². The van der Waals surface area contributed by atoms with Gasteiger partial charge >= 0.3 is 0 Å². The molecule has 1 unspecified atom stereocenters. The lowest BCUT2D eigenvalue weighted by Crippen LogP contribution is -2.27. The lowest BCUT2D eigenvalue weighted by atomic mass is 9.96. The second kappa shape index (κ2) is 4.40. The molecular formula is C11H16FNO. The maximum Gasteiger partial charge on any atom is 0.228 e. The third-order valence-electron chi connectivity index (χ3n) is 2.72. The van der Waals surface area contributed by atoms with Crippen molar-refractivity contribution in [1.29, 1.82) is 0 Å². The molecule has 0 aromatic heterocycles. The van der Waals surface area contributed by atoms with Gasteiger partial charge in [-0.05, 0) is 30.9 Å². The second-order valence-corrected chi connectivity index (χ2v) is 3.67. The van der Waals surface area contributed by atoms with Crippen LogP contribution in [0.15, 0.2) is 23.2 Å². The van der Waals surface area contributed by atoms with Gasteiger partial charge in [-0.15, -0.1) is 0 Å². The van der Waals surface area contributed by atoms with E-state index >= 15 is 0 Å². The molecule has 1 amide bonds. The molecule has 0 fully saturated rings. The Morgan fingerprint density at radius 2 is 2.36 bits per heavy atom. The van der Waals surface area contributed by atoms with Crippen molar-refractivity contribution in [3.63, 3.8) is 0 Å². The zero-order valence-corrected chi connectivity index (χ0v) is 8.86. The Labute approximate surface area is 83.9 Å². The maximum atomic E-state index is 13.4. The highest BCUT2D eigenvalue weighted by atomic mass is 19.1. The zero-order valence-electron chi connectivity index (χ0n) is 8.86. The minimum Gasteiger partial charge on any atom is -0.323 e. The molecule has 1 heterocycles. The van der Waals surface area contributed by atoms with Crippen molar-refractivity contribution in [3.05, 3.63) is 23.2 Å². The lowest BCUT2D eigenvalue weighted by Gasteiger charge is -2.19. The Kier molecular flexibility index (Phi) is 3.44. The van der Waals surface area contributed by atoms with E-state index in [1.165, 1.54) is 6.08 Å². The topological polar surface area (TPSA) is 29.1 Å². The van der Waals surface area contributed by atoms with E-state index in [1.807, 2.05) is 20.8 Å². The second-order valence-electron chi connectivity index (χ2n) is 3.67. The minimum absolute atomic E-state index is 0.135. The van der Waals surface area contributed by atoms with Crippen LogP contribution in [0.25, 0.3) is 0 Å². The van der Waals surface area contributed by atoms with Crippen LogP contribution in [-0.2, 0) is 4.79 Å². The number of rotatable bonds is 2. The normalized spacial score (nSPS) is 22.6. The van der Waals surface area contributed by atoms with Gasteiger partial charge in [0.05, 0.1) is 5.70 Å². The number of allylic oxidation sites excluding steroid dienone is 2. The Morgan fingerprint density at radius 3 is 2.93 bits per heavy atom. The summed E-state index contributed by atoms with van der Waals surface area (Å²) < 4.78 is 13.4. The van der Waals surface area contributed by atoms with Crippen LogP contribution in [0.4, 0.5) is 4.39 Å². The molecule has 1 N–H and O–H groups in total. The van der Waals surface area contributed by atoms with E-state index in [2.05, 4.69) is 5.32 Å². The van der Waals surface area contributed by atoms with E-state index in [0.717, 1.165) is 12.0 Å². The van der Waals surface area contributed by atoms with E-state index < -0.39 is 0 Å². The van der Waals surface area contributed by atoms with Gasteiger partial charge in [0.1, 0.15) is 5.83 Å². The van der Waals surface area contributed by atoms with Crippen LogP contribution in [-0.4, -0.2) is 5.91 Å². The Bertz CT molecular complexity index is 304. The van der Waals surface area contributed by atoms with Crippen LogP contribution in [0.3, 0.4) is 0 Å². The van der Waals surface area contributed by atoms with Gasteiger partial charge in [0.2, 0.25) is 5.91 Å². The Balaban J connectivity index is 2.99. The Hall–Kier alpha value is -1.12. The Morgan fingerprint density at radius 1 is 1.71 bits per heavy atom. The molecule has 14 heavy (non-hydrogen) atoms. The van der Waals surface area contributed by atoms with Crippen LogP contribution in [0.5, 0.6) is 0 Å². The highest BCUT2D eigenvalue weighted by Crippen LogP contribution is 2.24. The fraction of sp³-hybridized carbons (Fsp3) is 0.545. The summed E-state index contributed by atoms with van der Waals surface area (Å²) in [7, 11) is 0. The first-order valence-corrected chi connectivity index (χ1v) is 4.92. The smallest absolute Gasteiger partial charge is 0.228 e. The number of carbonyl (C=O) groups is 1. The highest BCUT2D eigenvalue weighted by molar-refractivity contribution is 5.82. The van der Waals surface area contributed by atoms with Crippen LogP contribution < -0.4 is 5.32 Å². The van der Waals surface area contributed by atoms with E-state index in [4.69, 9.17) is 0 Å². The minimum atomic E-state index is -0.303. The first-order chi connectivity index (χ1) is 6.56. The van der Waals surface area contributed by atoms with Crippen LogP contribution in [0, 0.1) is 5.92 Å². The number of carbonyl (C=O) groups excluding carboxylic acids is 1. The molecule has 2 nitrogen and oxygen atoms in total. The van der Waals surface area contributed by atoms with Gasteiger partial charge in [0.25, 0.3) is 0 Å². The van der Waals surface area contributed by atoms with Crippen LogP contribution in [0.2, 0.25) is 0 Å². The molecule has 0 saturated heterocycles. The van der Waals surface area contributed by atoms with Crippen molar-refractivity contribution < 1.29 is 9.18 Å². The fourth-order valence-electron chi connectivity index (χ4n) is 1.37. The summed E-state index contributed by atoms with van der Waals surface area (Å²) >= 11 is 0. The summed E-state index contributed by atoms with van der Waals surface area (Å²) in [6.45, 7) is 5.93. The van der Waals surface area contributed by atoms with E-state index in [9.17, 15) is 9.18 Å². The number of halogens is 1. The van der Waals surface area contributed by atoms with Crippen LogP contribution >= 0.6 is 0 Å². The SMILES string of the molecule is CCC(C)C(C)=C1NC(=O)CC=C1F. The monoisotopic (exact) mass is 197 g/mol. The molecule has 1 rings (SSSR count). The summed E-state index contributed by atoms with van der Waals surface area (Å²) in [5.41, 5.74) is 1.28. The fourth-order valence-corrected chi connectivity index (χ4v) is 1.37. The largest absolute Gasteiger partial charge is 0.323 e. The molecule has 0 spiro atoms.